The standard InChI is InChI=1S/C26H31ClFN3O3/c1-26(14-34-13-22(26)28)31-5-2-15(3-6-31)19-8-16-10-23(29-11-17(16)9-21(19)27)30-25(32)24-18-4-7-33-12-20(18)24/h8-11,15,18,20,22,24H,2-7,12-14H2,1H3,(H,29,30,32)/t18?,20?,22-,24?,26+/m0/s1. The molecular weight excluding hydrogens is 457 g/mol. The molecule has 6 nitrogen and oxygen atoms in total. The molecule has 1 amide bonds. The van der Waals surface area contributed by atoms with Gasteiger partial charge in [0.25, 0.3) is 0 Å². The number of anilines is 1. The Labute approximate surface area is 204 Å². The highest BCUT2D eigenvalue weighted by molar-refractivity contribution is 6.32. The van der Waals surface area contributed by atoms with Crippen molar-refractivity contribution in [2.24, 2.45) is 17.8 Å². The van der Waals surface area contributed by atoms with Crippen molar-refractivity contribution in [2.75, 3.05) is 44.8 Å². The molecule has 3 aliphatic heterocycles. The van der Waals surface area contributed by atoms with Crippen molar-refractivity contribution in [1.29, 1.82) is 0 Å². The molecule has 5 atom stereocenters. The van der Waals surface area contributed by atoms with Crippen molar-refractivity contribution < 1.29 is 18.7 Å². The van der Waals surface area contributed by atoms with Crippen LogP contribution in [0.2, 0.25) is 5.02 Å². The van der Waals surface area contributed by atoms with E-state index in [-0.39, 0.29) is 18.4 Å². The van der Waals surface area contributed by atoms with E-state index in [9.17, 15) is 9.18 Å². The Morgan fingerprint density at radius 3 is 2.68 bits per heavy atom. The van der Waals surface area contributed by atoms with Crippen LogP contribution in [0.5, 0.6) is 0 Å². The van der Waals surface area contributed by atoms with E-state index in [2.05, 4.69) is 21.3 Å². The number of aromatic nitrogens is 1. The van der Waals surface area contributed by atoms with Gasteiger partial charge in [0.05, 0.1) is 25.4 Å². The average Bonchev–Trinajstić information content (AvgIpc) is 3.48. The summed E-state index contributed by atoms with van der Waals surface area (Å²) < 4.78 is 25.4. The van der Waals surface area contributed by atoms with Gasteiger partial charge in [0.2, 0.25) is 5.91 Å². The molecule has 4 fully saturated rings. The van der Waals surface area contributed by atoms with Crippen molar-refractivity contribution in [1.82, 2.24) is 9.88 Å². The Hall–Kier alpha value is -1.80. The lowest BCUT2D eigenvalue weighted by molar-refractivity contribution is -0.117. The van der Waals surface area contributed by atoms with Crippen molar-refractivity contribution >= 4 is 34.1 Å². The van der Waals surface area contributed by atoms with Gasteiger partial charge >= 0.3 is 0 Å². The zero-order chi connectivity index (χ0) is 23.4. The van der Waals surface area contributed by atoms with Gasteiger partial charge in [-0.25, -0.2) is 9.37 Å². The lowest BCUT2D eigenvalue weighted by Crippen LogP contribution is -2.55. The molecule has 8 heteroatoms. The van der Waals surface area contributed by atoms with Crippen LogP contribution in [0.15, 0.2) is 24.4 Å². The molecule has 1 saturated carbocycles. The molecule has 34 heavy (non-hydrogen) atoms. The van der Waals surface area contributed by atoms with Crippen molar-refractivity contribution in [3.05, 3.63) is 35.0 Å². The third-order valence-corrected chi connectivity index (χ3v) is 8.95. The molecule has 0 bridgehead atoms. The van der Waals surface area contributed by atoms with Crippen LogP contribution in [0.4, 0.5) is 10.2 Å². The molecular formula is C26H31ClFN3O3. The number of carbonyl (C=O) groups excluding carboxylic acids is 1. The molecule has 3 saturated heterocycles. The Kier molecular flexibility index (Phi) is 5.79. The highest BCUT2D eigenvalue weighted by Gasteiger charge is 2.55. The predicted molar refractivity (Wildman–Crippen MR) is 129 cm³/mol. The van der Waals surface area contributed by atoms with Crippen LogP contribution in [-0.4, -0.2) is 67.0 Å². The number of alkyl halides is 1. The molecule has 2 aromatic rings. The Morgan fingerprint density at radius 2 is 1.97 bits per heavy atom. The van der Waals surface area contributed by atoms with Crippen LogP contribution in [0.1, 0.15) is 37.7 Å². The lowest BCUT2D eigenvalue weighted by Gasteiger charge is -2.43. The molecule has 3 unspecified atom stereocenters. The summed E-state index contributed by atoms with van der Waals surface area (Å²) in [7, 11) is 0. The first-order valence-electron chi connectivity index (χ1n) is 12.4. The summed E-state index contributed by atoms with van der Waals surface area (Å²) >= 11 is 6.69. The number of piperidine rings is 1. The summed E-state index contributed by atoms with van der Waals surface area (Å²) in [5.41, 5.74) is 0.592. The van der Waals surface area contributed by atoms with E-state index < -0.39 is 11.7 Å². The third-order valence-electron chi connectivity index (χ3n) is 8.62. The number of hydrogen-bond donors (Lipinski definition) is 1. The van der Waals surface area contributed by atoms with Crippen molar-refractivity contribution in [2.45, 2.75) is 43.8 Å². The first kappa shape index (κ1) is 22.7. The minimum Gasteiger partial charge on any atom is -0.381 e. The van der Waals surface area contributed by atoms with Gasteiger partial charge in [0.1, 0.15) is 12.0 Å². The Balaban J connectivity index is 1.16. The van der Waals surface area contributed by atoms with Crippen LogP contribution < -0.4 is 5.32 Å². The van der Waals surface area contributed by atoms with Crippen molar-refractivity contribution in [3.63, 3.8) is 0 Å². The minimum atomic E-state index is -0.943. The summed E-state index contributed by atoms with van der Waals surface area (Å²) in [5, 5.41) is 5.73. The van der Waals surface area contributed by atoms with Gasteiger partial charge in [-0.3, -0.25) is 9.69 Å². The van der Waals surface area contributed by atoms with Gasteiger partial charge in [0.15, 0.2) is 0 Å². The van der Waals surface area contributed by atoms with Gasteiger partial charge in [-0.2, -0.15) is 0 Å². The van der Waals surface area contributed by atoms with Gasteiger partial charge < -0.3 is 14.8 Å². The largest absolute Gasteiger partial charge is 0.381 e. The summed E-state index contributed by atoms with van der Waals surface area (Å²) in [5.74, 6) is 1.80. The zero-order valence-electron chi connectivity index (χ0n) is 19.4. The molecule has 0 spiro atoms. The van der Waals surface area contributed by atoms with Gasteiger partial charge in [0, 0.05) is 29.1 Å². The van der Waals surface area contributed by atoms with E-state index in [1.54, 1.807) is 6.20 Å². The maximum absolute atomic E-state index is 14.5. The maximum Gasteiger partial charge on any atom is 0.229 e. The van der Waals surface area contributed by atoms with Crippen LogP contribution in [0.25, 0.3) is 10.8 Å². The molecule has 6 rings (SSSR count). The van der Waals surface area contributed by atoms with E-state index >= 15 is 0 Å². The van der Waals surface area contributed by atoms with Crippen LogP contribution in [-0.2, 0) is 14.3 Å². The molecule has 182 valence electrons. The number of carbonyl (C=O) groups is 1. The number of fused-ring (bicyclic) bond motifs is 2. The molecule has 1 aromatic heterocycles. The maximum atomic E-state index is 14.5. The van der Waals surface area contributed by atoms with Gasteiger partial charge in [-0.15, -0.1) is 0 Å². The summed E-state index contributed by atoms with van der Waals surface area (Å²) in [6, 6.07) is 6.04. The second-order valence-electron chi connectivity index (χ2n) is 10.6. The average molecular weight is 488 g/mol. The van der Waals surface area contributed by atoms with Gasteiger partial charge in [-0.05, 0) is 86.2 Å². The Bertz CT molecular complexity index is 1100. The number of likely N-dealkylation sites (tertiary alicyclic amines) is 1. The van der Waals surface area contributed by atoms with Crippen LogP contribution in [0, 0.1) is 17.8 Å². The topological polar surface area (TPSA) is 63.7 Å². The summed E-state index contributed by atoms with van der Waals surface area (Å²) in [6.45, 7) is 5.70. The number of nitrogens with one attached hydrogen (secondary N) is 1. The van der Waals surface area contributed by atoms with Crippen molar-refractivity contribution in [3.8, 4) is 0 Å². The van der Waals surface area contributed by atoms with Gasteiger partial charge in [-0.1, -0.05) is 11.6 Å². The normalized spacial score (nSPS) is 34.2. The highest BCUT2D eigenvalue weighted by atomic mass is 35.5. The molecule has 1 aliphatic carbocycles. The first-order chi connectivity index (χ1) is 16.4. The lowest BCUT2D eigenvalue weighted by atomic mass is 9.85. The van der Waals surface area contributed by atoms with E-state index in [0.717, 1.165) is 60.3 Å². The van der Waals surface area contributed by atoms with E-state index in [1.807, 2.05) is 19.1 Å². The third kappa shape index (κ3) is 3.91. The molecule has 0 radical (unpaired) electrons. The fourth-order valence-corrected chi connectivity index (χ4v) is 6.62. The quantitative estimate of drug-likeness (QED) is 0.691. The van der Waals surface area contributed by atoms with E-state index in [1.165, 1.54) is 0 Å². The molecule has 1 N–H and O–H groups in total. The smallest absolute Gasteiger partial charge is 0.229 e. The minimum absolute atomic E-state index is 0.0435. The summed E-state index contributed by atoms with van der Waals surface area (Å²) in [6.07, 6.45) is 3.65. The number of rotatable bonds is 4. The number of amides is 1. The number of pyridine rings is 1. The zero-order valence-corrected chi connectivity index (χ0v) is 20.2. The fourth-order valence-electron chi connectivity index (χ4n) is 6.30. The Morgan fingerprint density at radius 1 is 1.15 bits per heavy atom. The van der Waals surface area contributed by atoms with E-state index in [4.69, 9.17) is 21.1 Å². The fraction of sp³-hybridized carbons (Fsp3) is 0.615. The first-order valence-corrected chi connectivity index (χ1v) is 12.8. The SMILES string of the molecule is C[C@@]1(N2CCC(c3cc4cc(NC(=O)C5C6CCOCC65)ncc4cc3Cl)CC2)COC[C@@H]1F. The molecule has 4 aliphatic rings. The molecule has 4 heterocycles. The van der Waals surface area contributed by atoms with E-state index in [0.29, 0.717) is 36.8 Å². The summed E-state index contributed by atoms with van der Waals surface area (Å²) in [4.78, 5) is 19.5. The number of hydrogen-bond acceptors (Lipinski definition) is 5. The van der Waals surface area contributed by atoms with Crippen LogP contribution in [0.3, 0.4) is 0 Å². The molecule has 1 aromatic carbocycles. The second-order valence-corrected chi connectivity index (χ2v) is 11.0. The number of nitrogens with zero attached hydrogens (tertiary/aromatic N) is 2. The van der Waals surface area contributed by atoms with Crippen LogP contribution >= 0.6 is 11.6 Å². The number of ether oxygens (including phenoxy) is 2. The highest BCUT2D eigenvalue weighted by Crippen LogP contribution is 2.51. The monoisotopic (exact) mass is 487 g/mol. The number of benzene rings is 1. The predicted octanol–water partition coefficient (Wildman–Crippen LogP) is 4.42. The number of halogens is 2. The second kappa shape index (κ2) is 8.70.